The number of nitrogens with zero attached hydrogens (tertiary/aromatic N) is 4. The molecule has 1 aliphatic heterocycles. The van der Waals surface area contributed by atoms with Crippen molar-refractivity contribution in [2.24, 2.45) is 0 Å². The fraction of sp³-hybridized carbons (Fsp3) is 0.308. The van der Waals surface area contributed by atoms with E-state index in [0.717, 1.165) is 53.9 Å². The third-order valence-corrected chi connectivity index (χ3v) is 3.85. The van der Waals surface area contributed by atoms with E-state index in [1.807, 2.05) is 18.2 Å². The first kappa shape index (κ1) is 11.9. The molecule has 7 heteroatoms. The molecule has 20 heavy (non-hydrogen) atoms. The summed E-state index contributed by atoms with van der Waals surface area (Å²) in [5.74, 6) is 0.894. The molecule has 4 rings (SSSR count). The number of halogens is 1. The second-order valence-electron chi connectivity index (χ2n) is 4.85. The topological polar surface area (TPSA) is 69.7 Å². The standard InChI is InChI=1S/C13H13ClN6/c14-8-1-2-10-9(7-8)11-12(18-19-17-11)13(16-10)20-5-3-15-4-6-20/h1-2,7,15H,3-6H2,(H,17,18,19). The van der Waals surface area contributed by atoms with Crippen LogP contribution in [0.4, 0.5) is 5.82 Å². The summed E-state index contributed by atoms with van der Waals surface area (Å²) in [6.07, 6.45) is 0. The molecule has 3 heterocycles. The lowest BCUT2D eigenvalue weighted by Gasteiger charge is -2.28. The van der Waals surface area contributed by atoms with Crippen molar-refractivity contribution in [2.75, 3.05) is 31.1 Å². The molecule has 0 unspecified atom stereocenters. The van der Waals surface area contributed by atoms with Crippen LogP contribution in [0.2, 0.25) is 5.02 Å². The Morgan fingerprint density at radius 2 is 1.90 bits per heavy atom. The van der Waals surface area contributed by atoms with Gasteiger partial charge in [0.2, 0.25) is 0 Å². The number of aromatic amines is 1. The lowest BCUT2D eigenvalue weighted by atomic mass is 10.2. The Balaban J connectivity index is 1.99. The SMILES string of the molecule is Clc1ccc2nc(N3CCNCC3)c3n[nH]nc3c2c1. The summed E-state index contributed by atoms with van der Waals surface area (Å²) in [5, 5.41) is 16.2. The van der Waals surface area contributed by atoms with E-state index in [-0.39, 0.29) is 0 Å². The highest BCUT2D eigenvalue weighted by atomic mass is 35.5. The number of nitrogens with one attached hydrogen (secondary N) is 2. The van der Waals surface area contributed by atoms with Crippen LogP contribution in [0.3, 0.4) is 0 Å². The van der Waals surface area contributed by atoms with Crippen LogP contribution in [0.5, 0.6) is 0 Å². The molecule has 0 amide bonds. The molecule has 0 bridgehead atoms. The predicted octanol–water partition coefficient (Wildman–Crippen LogP) is 1.57. The summed E-state index contributed by atoms with van der Waals surface area (Å²) in [6, 6.07) is 5.66. The zero-order valence-corrected chi connectivity index (χ0v) is 11.5. The van der Waals surface area contributed by atoms with Gasteiger partial charge in [-0.3, -0.25) is 0 Å². The first-order valence-corrected chi connectivity index (χ1v) is 6.96. The van der Waals surface area contributed by atoms with Gasteiger partial charge in [0, 0.05) is 36.6 Å². The molecule has 3 aromatic rings. The molecular formula is C13H13ClN6. The number of piperazine rings is 1. The minimum absolute atomic E-state index is 0.679. The first-order valence-electron chi connectivity index (χ1n) is 6.58. The average Bonchev–Trinajstić information content (AvgIpc) is 2.97. The van der Waals surface area contributed by atoms with Gasteiger partial charge in [0.15, 0.2) is 11.3 Å². The third kappa shape index (κ3) is 1.80. The molecule has 6 nitrogen and oxygen atoms in total. The lowest BCUT2D eigenvalue weighted by molar-refractivity contribution is 0.586. The van der Waals surface area contributed by atoms with Gasteiger partial charge in [0.05, 0.1) is 5.52 Å². The van der Waals surface area contributed by atoms with Crippen molar-refractivity contribution in [1.29, 1.82) is 0 Å². The summed E-state index contributed by atoms with van der Waals surface area (Å²) in [5.41, 5.74) is 2.53. The molecule has 2 aromatic heterocycles. The fourth-order valence-electron chi connectivity index (χ4n) is 2.63. The Labute approximate surface area is 120 Å². The normalized spacial score (nSPS) is 16.1. The van der Waals surface area contributed by atoms with Crippen molar-refractivity contribution in [3.63, 3.8) is 0 Å². The van der Waals surface area contributed by atoms with Crippen molar-refractivity contribution in [2.45, 2.75) is 0 Å². The third-order valence-electron chi connectivity index (χ3n) is 3.62. The van der Waals surface area contributed by atoms with E-state index >= 15 is 0 Å². The van der Waals surface area contributed by atoms with Crippen LogP contribution in [0.15, 0.2) is 18.2 Å². The number of rotatable bonds is 1. The number of hydrogen-bond donors (Lipinski definition) is 2. The van der Waals surface area contributed by atoms with Gasteiger partial charge < -0.3 is 10.2 Å². The molecule has 1 aliphatic rings. The van der Waals surface area contributed by atoms with Crippen LogP contribution in [0.25, 0.3) is 21.9 Å². The van der Waals surface area contributed by atoms with E-state index in [0.29, 0.717) is 5.02 Å². The van der Waals surface area contributed by atoms with Crippen molar-refractivity contribution in [3.05, 3.63) is 23.2 Å². The maximum atomic E-state index is 6.07. The van der Waals surface area contributed by atoms with Crippen LogP contribution in [-0.2, 0) is 0 Å². The second-order valence-corrected chi connectivity index (χ2v) is 5.29. The van der Waals surface area contributed by atoms with Crippen molar-refractivity contribution in [3.8, 4) is 0 Å². The number of H-pyrrole nitrogens is 1. The lowest BCUT2D eigenvalue weighted by Crippen LogP contribution is -2.44. The molecule has 1 aromatic carbocycles. The highest BCUT2D eigenvalue weighted by Gasteiger charge is 2.19. The number of hydrogen-bond acceptors (Lipinski definition) is 5. The molecule has 2 N–H and O–H groups in total. The number of pyridine rings is 1. The maximum absolute atomic E-state index is 6.07. The minimum Gasteiger partial charge on any atom is -0.352 e. The Morgan fingerprint density at radius 1 is 1.10 bits per heavy atom. The van der Waals surface area contributed by atoms with Gasteiger partial charge in [-0.1, -0.05) is 11.6 Å². The van der Waals surface area contributed by atoms with Crippen LogP contribution < -0.4 is 10.2 Å². The second kappa shape index (κ2) is 4.57. The van der Waals surface area contributed by atoms with Crippen LogP contribution >= 0.6 is 11.6 Å². The molecule has 0 radical (unpaired) electrons. The first-order chi connectivity index (χ1) is 9.83. The molecule has 1 fully saturated rings. The van der Waals surface area contributed by atoms with Gasteiger partial charge in [-0.05, 0) is 18.2 Å². The summed E-state index contributed by atoms with van der Waals surface area (Å²) < 4.78 is 0. The summed E-state index contributed by atoms with van der Waals surface area (Å²) in [6.45, 7) is 3.77. The van der Waals surface area contributed by atoms with Crippen molar-refractivity contribution in [1.82, 2.24) is 25.7 Å². The monoisotopic (exact) mass is 288 g/mol. The van der Waals surface area contributed by atoms with Crippen LogP contribution in [-0.4, -0.2) is 46.6 Å². The fourth-order valence-corrected chi connectivity index (χ4v) is 2.81. The number of fused-ring (bicyclic) bond motifs is 3. The number of aromatic nitrogens is 4. The van der Waals surface area contributed by atoms with Gasteiger partial charge in [0.1, 0.15) is 5.52 Å². The van der Waals surface area contributed by atoms with Gasteiger partial charge in [-0.25, -0.2) is 4.98 Å². The molecule has 0 saturated carbocycles. The van der Waals surface area contributed by atoms with E-state index in [1.165, 1.54) is 0 Å². The Morgan fingerprint density at radius 3 is 2.75 bits per heavy atom. The van der Waals surface area contributed by atoms with Crippen LogP contribution in [0.1, 0.15) is 0 Å². The zero-order chi connectivity index (χ0) is 13.5. The van der Waals surface area contributed by atoms with Crippen molar-refractivity contribution < 1.29 is 0 Å². The maximum Gasteiger partial charge on any atom is 0.159 e. The van der Waals surface area contributed by atoms with Gasteiger partial charge in [-0.15, -0.1) is 0 Å². The molecule has 0 atom stereocenters. The Bertz CT molecular complexity index is 777. The van der Waals surface area contributed by atoms with Gasteiger partial charge >= 0.3 is 0 Å². The van der Waals surface area contributed by atoms with E-state index in [1.54, 1.807) is 0 Å². The van der Waals surface area contributed by atoms with E-state index in [9.17, 15) is 0 Å². The Kier molecular flexibility index (Phi) is 2.71. The van der Waals surface area contributed by atoms with E-state index in [4.69, 9.17) is 16.6 Å². The molecule has 0 aliphatic carbocycles. The Hall–Kier alpha value is -1.92. The van der Waals surface area contributed by atoms with Gasteiger partial charge in [-0.2, -0.15) is 15.4 Å². The molecule has 0 spiro atoms. The number of anilines is 1. The van der Waals surface area contributed by atoms with Crippen LogP contribution in [0, 0.1) is 0 Å². The molecular weight excluding hydrogens is 276 g/mol. The predicted molar refractivity (Wildman–Crippen MR) is 79.3 cm³/mol. The minimum atomic E-state index is 0.679. The highest BCUT2D eigenvalue weighted by Crippen LogP contribution is 2.30. The molecule has 1 saturated heterocycles. The van der Waals surface area contributed by atoms with Gasteiger partial charge in [0.25, 0.3) is 0 Å². The summed E-state index contributed by atoms with van der Waals surface area (Å²) >= 11 is 6.07. The summed E-state index contributed by atoms with van der Waals surface area (Å²) in [7, 11) is 0. The number of benzene rings is 1. The molecule has 102 valence electrons. The smallest absolute Gasteiger partial charge is 0.159 e. The zero-order valence-electron chi connectivity index (χ0n) is 10.7. The average molecular weight is 289 g/mol. The van der Waals surface area contributed by atoms with E-state index in [2.05, 4.69) is 25.6 Å². The van der Waals surface area contributed by atoms with Crippen molar-refractivity contribution >= 4 is 39.4 Å². The largest absolute Gasteiger partial charge is 0.352 e. The summed E-state index contributed by atoms with van der Waals surface area (Å²) in [4.78, 5) is 7.00. The highest BCUT2D eigenvalue weighted by molar-refractivity contribution is 6.31. The van der Waals surface area contributed by atoms with E-state index < -0.39 is 0 Å². The quantitative estimate of drug-likeness (QED) is 0.711.